The van der Waals surface area contributed by atoms with Crippen LogP contribution in [0.3, 0.4) is 0 Å². The van der Waals surface area contributed by atoms with Crippen LogP contribution in [0.2, 0.25) is 0 Å². The number of nitrogens with one attached hydrogen (secondary N) is 1. The van der Waals surface area contributed by atoms with Gasteiger partial charge in [0.15, 0.2) is 5.75 Å². The van der Waals surface area contributed by atoms with Gasteiger partial charge in [-0.3, -0.25) is 9.97 Å². The first-order valence-corrected chi connectivity index (χ1v) is 10.5. The average Bonchev–Trinajstić information content (AvgIpc) is 3.15. The molecule has 150 valence electrons. The monoisotopic (exact) mass is 425 g/mol. The molecule has 1 fully saturated rings. The fourth-order valence-corrected chi connectivity index (χ4v) is 4.26. The molecule has 0 spiro atoms. The van der Waals surface area contributed by atoms with Crippen LogP contribution in [-0.2, 0) is 26.4 Å². The average molecular weight is 425 g/mol. The van der Waals surface area contributed by atoms with Crippen molar-refractivity contribution < 1.29 is 18.8 Å². The molecular weight excluding hydrogens is 401 g/mol. The Kier molecular flexibility index (Phi) is 7.98. The molecule has 7 nitrogen and oxygen atoms in total. The number of para-hydroxylation sites is 2. The summed E-state index contributed by atoms with van der Waals surface area (Å²) in [6.07, 6.45) is 1.68. The molecular formula is C20H24N3NaO4S. The number of nitrogens with zero attached hydrogens (tertiary/aromatic N) is 2. The second-order valence-corrected chi connectivity index (χ2v) is 8.14. The van der Waals surface area contributed by atoms with Crippen LogP contribution in [0.5, 0.6) is 5.75 Å². The summed E-state index contributed by atoms with van der Waals surface area (Å²) in [6, 6.07) is 7.64. The van der Waals surface area contributed by atoms with Crippen molar-refractivity contribution >= 4 is 51.8 Å². The molecule has 1 saturated heterocycles. The number of fused-ring (bicyclic) bond motifs is 1. The summed E-state index contributed by atoms with van der Waals surface area (Å²) in [5.74, 6) is 1.03. The number of hydrogen-bond donors (Lipinski definition) is 1. The van der Waals surface area contributed by atoms with E-state index in [1.807, 2.05) is 38.1 Å². The number of imidazole rings is 1. The number of hydrogen-bond acceptors (Lipinski definition) is 6. The van der Waals surface area contributed by atoms with Crippen molar-refractivity contribution in [2.45, 2.75) is 30.9 Å². The van der Waals surface area contributed by atoms with E-state index in [0.717, 1.165) is 33.6 Å². The van der Waals surface area contributed by atoms with Crippen molar-refractivity contribution in [3.8, 4) is 5.75 Å². The minimum atomic E-state index is -1.33. The zero-order valence-corrected chi connectivity index (χ0v) is 16.8. The van der Waals surface area contributed by atoms with E-state index in [2.05, 4.69) is 15.0 Å². The standard InChI is InChI=1S/C20H23N3O4S.Na.H/c1-13-9-21-18(14(2)19(13)27-11-15-10-25-7-8-26-15)12-28(24)20-22-16-5-3-4-6-17(16)23-20;;/h3-6,9,15H,7-8,10-12H2,1-2H3,(H,22,23);;. The first-order chi connectivity index (χ1) is 13.6. The Balaban J connectivity index is 0.00000240. The molecule has 0 radical (unpaired) electrons. The summed E-state index contributed by atoms with van der Waals surface area (Å²) >= 11 is -1.33. The van der Waals surface area contributed by atoms with Gasteiger partial charge >= 0.3 is 34.7 Å². The molecule has 0 aliphatic carbocycles. The molecule has 2 unspecified atom stereocenters. The number of pyridine rings is 1. The van der Waals surface area contributed by atoms with Gasteiger partial charge < -0.3 is 18.8 Å². The molecule has 1 N–H and O–H groups in total. The number of aromatic nitrogens is 3. The molecule has 29 heavy (non-hydrogen) atoms. The van der Waals surface area contributed by atoms with Crippen molar-refractivity contribution in [3.63, 3.8) is 0 Å². The number of benzene rings is 1. The Bertz CT molecular complexity index is 929. The van der Waals surface area contributed by atoms with Crippen LogP contribution < -0.4 is 4.74 Å². The maximum atomic E-state index is 12.8. The number of H-pyrrole nitrogens is 1. The van der Waals surface area contributed by atoms with Crippen LogP contribution >= 0.6 is 0 Å². The van der Waals surface area contributed by atoms with Crippen molar-refractivity contribution in [2.75, 3.05) is 26.4 Å². The number of aromatic amines is 1. The van der Waals surface area contributed by atoms with Gasteiger partial charge in [-0.05, 0) is 26.0 Å². The zero-order valence-electron chi connectivity index (χ0n) is 15.9. The van der Waals surface area contributed by atoms with Gasteiger partial charge in [-0.25, -0.2) is 0 Å². The van der Waals surface area contributed by atoms with E-state index in [4.69, 9.17) is 14.2 Å². The van der Waals surface area contributed by atoms with Crippen LogP contribution in [0.15, 0.2) is 35.6 Å². The van der Waals surface area contributed by atoms with E-state index in [9.17, 15) is 4.55 Å². The Morgan fingerprint density at radius 3 is 2.86 bits per heavy atom. The second-order valence-electron chi connectivity index (χ2n) is 6.77. The third kappa shape index (κ3) is 5.32. The molecule has 1 aliphatic rings. The van der Waals surface area contributed by atoms with Crippen LogP contribution in [-0.4, -0.2) is 81.6 Å². The summed E-state index contributed by atoms with van der Waals surface area (Å²) in [7, 11) is 0. The Morgan fingerprint density at radius 2 is 2.10 bits per heavy atom. The van der Waals surface area contributed by atoms with E-state index in [1.54, 1.807) is 6.20 Å². The van der Waals surface area contributed by atoms with Crippen LogP contribution in [0.25, 0.3) is 11.0 Å². The third-order valence-electron chi connectivity index (χ3n) is 4.70. The molecule has 0 saturated carbocycles. The van der Waals surface area contributed by atoms with E-state index >= 15 is 0 Å². The molecule has 3 aromatic rings. The van der Waals surface area contributed by atoms with Crippen LogP contribution in [0, 0.1) is 13.8 Å². The third-order valence-corrected chi connectivity index (χ3v) is 5.86. The first-order valence-electron chi connectivity index (χ1n) is 9.22. The maximum absolute atomic E-state index is 12.8. The van der Waals surface area contributed by atoms with Gasteiger partial charge in [0.2, 0.25) is 0 Å². The molecule has 0 bridgehead atoms. The Morgan fingerprint density at radius 1 is 1.28 bits per heavy atom. The summed E-state index contributed by atoms with van der Waals surface area (Å²) in [5, 5.41) is 0.457. The molecule has 2 atom stereocenters. The van der Waals surface area contributed by atoms with Crippen molar-refractivity contribution in [3.05, 3.63) is 47.3 Å². The Hall–Kier alpha value is -1.13. The summed E-state index contributed by atoms with van der Waals surface area (Å²) in [4.78, 5) is 12.0. The minimum absolute atomic E-state index is 0. The number of ether oxygens (including phenoxy) is 3. The van der Waals surface area contributed by atoms with E-state index < -0.39 is 11.2 Å². The molecule has 1 aliphatic heterocycles. The number of rotatable bonds is 6. The van der Waals surface area contributed by atoms with Crippen molar-refractivity contribution in [1.29, 1.82) is 0 Å². The topological polar surface area (TPSA) is 92.3 Å². The molecule has 3 heterocycles. The predicted octanol–water partition coefficient (Wildman–Crippen LogP) is 2.03. The summed E-state index contributed by atoms with van der Waals surface area (Å²) in [5.41, 5.74) is 4.24. The van der Waals surface area contributed by atoms with Crippen molar-refractivity contribution in [1.82, 2.24) is 15.0 Å². The second kappa shape index (κ2) is 10.3. The van der Waals surface area contributed by atoms with E-state index in [-0.39, 0.29) is 41.4 Å². The molecule has 4 rings (SSSR count). The van der Waals surface area contributed by atoms with Gasteiger partial charge in [-0.15, -0.1) is 0 Å². The molecule has 1 aromatic carbocycles. The van der Waals surface area contributed by atoms with E-state index in [0.29, 0.717) is 31.6 Å². The van der Waals surface area contributed by atoms with Gasteiger partial charge in [0.1, 0.15) is 18.5 Å². The van der Waals surface area contributed by atoms with Crippen LogP contribution in [0.1, 0.15) is 16.8 Å². The van der Waals surface area contributed by atoms with Gasteiger partial charge in [0.05, 0.1) is 36.5 Å². The molecule has 0 amide bonds. The van der Waals surface area contributed by atoms with E-state index in [1.165, 1.54) is 0 Å². The first kappa shape index (κ1) is 22.6. The quantitative estimate of drug-likeness (QED) is 0.480. The van der Waals surface area contributed by atoms with Crippen LogP contribution in [0.4, 0.5) is 0 Å². The molecule has 9 heteroatoms. The van der Waals surface area contributed by atoms with Gasteiger partial charge in [0.25, 0.3) is 0 Å². The Labute approximate surface area is 195 Å². The molecule has 2 aromatic heterocycles. The van der Waals surface area contributed by atoms with Crippen molar-refractivity contribution in [2.24, 2.45) is 0 Å². The zero-order chi connectivity index (χ0) is 19.5. The SMILES string of the molecule is Cc1cnc(C[S+]([O-])c2nc3ccccc3[nH]2)c(C)c1OCC1COCCO1.[NaH]. The normalized spacial score (nSPS) is 17.7. The fraction of sp³-hybridized carbons (Fsp3) is 0.400. The number of aryl methyl sites for hydroxylation is 1. The summed E-state index contributed by atoms with van der Waals surface area (Å²) in [6.45, 7) is 6.06. The predicted molar refractivity (Wildman–Crippen MR) is 113 cm³/mol. The van der Waals surface area contributed by atoms with Gasteiger partial charge in [-0.1, -0.05) is 12.1 Å². The van der Waals surface area contributed by atoms with Gasteiger partial charge in [0, 0.05) is 28.5 Å². The summed E-state index contributed by atoms with van der Waals surface area (Å²) < 4.78 is 29.9. The van der Waals surface area contributed by atoms with Gasteiger partial charge in [-0.2, -0.15) is 4.98 Å². The fourth-order valence-electron chi connectivity index (χ4n) is 3.16.